The van der Waals surface area contributed by atoms with E-state index in [4.69, 9.17) is 4.74 Å². The molecule has 5 heteroatoms. The topological polar surface area (TPSA) is 69.4 Å². The molecular formula is C16H13NO4. The van der Waals surface area contributed by atoms with Gasteiger partial charge in [-0.15, -0.1) is 0 Å². The predicted octanol–water partition coefficient (Wildman–Crippen LogP) is 3.52. The number of carbonyl (C=O) groups is 1. The normalized spacial score (nSPS) is 10.5. The molecule has 0 saturated carbocycles. The number of benzene rings is 2. The number of nitro benzene ring substituents is 1. The first-order valence-electron chi connectivity index (χ1n) is 6.25. The minimum atomic E-state index is -0.535. The number of nitrogens with zero attached hydrogens (tertiary/aromatic N) is 1. The van der Waals surface area contributed by atoms with E-state index in [0.29, 0.717) is 11.3 Å². The van der Waals surface area contributed by atoms with Crippen molar-refractivity contribution >= 4 is 17.7 Å². The van der Waals surface area contributed by atoms with Crippen LogP contribution in [0.4, 0.5) is 5.69 Å². The summed E-state index contributed by atoms with van der Waals surface area (Å²) < 4.78 is 5.14. The van der Waals surface area contributed by atoms with Crippen LogP contribution in [0.1, 0.15) is 11.1 Å². The highest BCUT2D eigenvalue weighted by atomic mass is 16.6. The van der Waals surface area contributed by atoms with E-state index in [1.165, 1.54) is 24.3 Å². The van der Waals surface area contributed by atoms with E-state index in [2.05, 4.69) is 0 Å². The van der Waals surface area contributed by atoms with Crippen molar-refractivity contribution in [2.75, 3.05) is 0 Å². The van der Waals surface area contributed by atoms with Crippen molar-refractivity contribution in [3.8, 4) is 5.75 Å². The highest BCUT2D eigenvalue weighted by molar-refractivity contribution is 5.88. The van der Waals surface area contributed by atoms with Gasteiger partial charge in [0.25, 0.3) is 5.69 Å². The van der Waals surface area contributed by atoms with Crippen LogP contribution < -0.4 is 4.74 Å². The third-order valence-electron chi connectivity index (χ3n) is 2.70. The Morgan fingerprint density at radius 2 is 1.95 bits per heavy atom. The Bertz CT molecular complexity index is 707. The fourth-order valence-corrected chi connectivity index (χ4v) is 1.74. The van der Waals surface area contributed by atoms with Crippen molar-refractivity contribution in [1.82, 2.24) is 0 Å². The van der Waals surface area contributed by atoms with Crippen LogP contribution in [-0.2, 0) is 4.79 Å². The summed E-state index contributed by atoms with van der Waals surface area (Å²) in [6.07, 6.45) is 2.71. The molecular weight excluding hydrogens is 270 g/mol. The number of non-ortho nitro benzene ring substituents is 1. The van der Waals surface area contributed by atoms with E-state index in [-0.39, 0.29) is 5.69 Å². The van der Waals surface area contributed by atoms with Gasteiger partial charge in [-0.05, 0) is 36.3 Å². The molecule has 2 aromatic carbocycles. The van der Waals surface area contributed by atoms with Crippen molar-refractivity contribution in [3.63, 3.8) is 0 Å². The maximum Gasteiger partial charge on any atom is 0.336 e. The van der Waals surface area contributed by atoms with Crippen LogP contribution in [-0.4, -0.2) is 10.9 Å². The first-order valence-corrected chi connectivity index (χ1v) is 6.25. The lowest BCUT2D eigenvalue weighted by atomic mass is 10.2. The summed E-state index contributed by atoms with van der Waals surface area (Å²) in [5.41, 5.74) is 1.53. The van der Waals surface area contributed by atoms with Crippen LogP contribution in [0.5, 0.6) is 5.75 Å². The molecule has 106 valence electrons. The Labute approximate surface area is 121 Å². The van der Waals surface area contributed by atoms with Gasteiger partial charge in [-0.1, -0.05) is 24.3 Å². The fourth-order valence-electron chi connectivity index (χ4n) is 1.74. The number of hydrogen-bond acceptors (Lipinski definition) is 4. The second-order valence-corrected chi connectivity index (χ2v) is 4.42. The minimum Gasteiger partial charge on any atom is -0.423 e. The van der Waals surface area contributed by atoms with Crippen LogP contribution in [0, 0.1) is 17.0 Å². The molecule has 0 amide bonds. The quantitative estimate of drug-likeness (QED) is 0.283. The molecule has 0 unspecified atom stereocenters. The van der Waals surface area contributed by atoms with Crippen LogP contribution >= 0.6 is 0 Å². The SMILES string of the molecule is Cc1cccc(OC(=O)/C=C/c2cccc([N+](=O)[O-])c2)c1. The van der Waals surface area contributed by atoms with E-state index in [9.17, 15) is 14.9 Å². The Balaban J connectivity index is 2.05. The van der Waals surface area contributed by atoms with Crippen molar-refractivity contribution in [2.45, 2.75) is 6.92 Å². The number of rotatable bonds is 4. The second-order valence-electron chi connectivity index (χ2n) is 4.42. The summed E-state index contributed by atoms with van der Waals surface area (Å²) >= 11 is 0. The van der Waals surface area contributed by atoms with E-state index < -0.39 is 10.9 Å². The zero-order valence-corrected chi connectivity index (χ0v) is 11.4. The zero-order valence-electron chi connectivity index (χ0n) is 11.4. The summed E-state index contributed by atoms with van der Waals surface area (Å²) in [7, 11) is 0. The summed E-state index contributed by atoms with van der Waals surface area (Å²) in [6.45, 7) is 1.90. The molecule has 0 aliphatic rings. The Kier molecular flexibility index (Phi) is 4.46. The van der Waals surface area contributed by atoms with Gasteiger partial charge in [0.15, 0.2) is 0 Å². The van der Waals surface area contributed by atoms with Gasteiger partial charge in [0.05, 0.1) is 4.92 Å². The minimum absolute atomic E-state index is 0.0239. The van der Waals surface area contributed by atoms with Crippen LogP contribution in [0.15, 0.2) is 54.6 Å². The molecule has 0 aromatic heterocycles. The van der Waals surface area contributed by atoms with Crippen molar-refractivity contribution < 1.29 is 14.5 Å². The fraction of sp³-hybridized carbons (Fsp3) is 0.0625. The molecule has 0 spiro atoms. The number of nitro groups is 1. The molecule has 0 heterocycles. The van der Waals surface area contributed by atoms with Gasteiger partial charge in [0, 0.05) is 18.2 Å². The van der Waals surface area contributed by atoms with E-state index in [0.717, 1.165) is 5.56 Å². The largest absolute Gasteiger partial charge is 0.423 e. The lowest BCUT2D eigenvalue weighted by Crippen LogP contribution is -2.03. The Morgan fingerprint density at radius 1 is 1.19 bits per heavy atom. The smallest absolute Gasteiger partial charge is 0.336 e. The van der Waals surface area contributed by atoms with Crippen molar-refractivity contribution in [1.29, 1.82) is 0 Å². The third-order valence-corrected chi connectivity index (χ3v) is 2.70. The summed E-state index contributed by atoms with van der Waals surface area (Å²) in [6, 6.07) is 13.1. The molecule has 0 bridgehead atoms. The second kappa shape index (κ2) is 6.47. The first-order chi connectivity index (χ1) is 10.0. The molecule has 0 fully saturated rings. The highest BCUT2D eigenvalue weighted by Gasteiger charge is 2.05. The maximum atomic E-state index is 11.7. The summed E-state index contributed by atoms with van der Waals surface area (Å²) in [5, 5.41) is 10.7. The standard InChI is InChI=1S/C16H13NO4/c1-12-4-2-7-15(10-12)21-16(18)9-8-13-5-3-6-14(11-13)17(19)20/h2-11H,1H3/b9-8+. The van der Waals surface area contributed by atoms with Gasteiger partial charge in [-0.3, -0.25) is 10.1 Å². The van der Waals surface area contributed by atoms with Gasteiger partial charge >= 0.3 is 5.97 Å². The molecule has 0 saturated heterocycles. The van der Waals surface area contributed by atoms with Gasteiger partial charge in [0.2, 0.25) is 0 Å². The molecule has 21 heavy (non-hydrogen) atoms. The first kappa shape index (κ1) is 14.5. The highest BCUT2D eigenvalue weighted by Crippen LogP contribution is 2.15. The Hall–Kier alpha value is -2.95. The molecule has 0 radical (unpaired) electrons. The molecule has 0 N–H and O–H groups in total. The monoisotopic (exact) mass is 283 g/mol. The average Bonchev–Trinajstić information content (AvgIpc) is 2.45. The number of ether oxygens (including phenoxy) is 1. The van der Waals surface area contributed by atoms with Crippen LogP contribution in [0.3, 0.4) is 0 Å². The van der Waals surface area contributed by atoms with Crippen LogP contribution in [0.25, 0.3) is 6.08 Å². The van der Waals surface area contributed by atoms with Crippen molar-refractivity contribution in [3.05, 3.63) is 75.8 Å². The van der Waals surface area contributed by atoms with Gasteiger partial charge < -0.3 is 4.74 Å². The zero-order chi connectivity index (χ0) is 15.2. The van der Waals surface area contributed by atoms with Crippen molar-refractivity contribution in [2.24, 2.45) is 0 Å². The third kappa shape index (κ3) is 4.28. The number of hydrogen-bond donors (Lipinski definition) is 0. The lowest BCUT2D eigenvalue weighted by molar-refractivity contribution is -0.384. The molecule has 2 rings (SSSR count). The van der Waals surface area contributed by atoms with Crippen LogP contribution in [0.2, 0.25) is 0 Å². The number of aryl methyl sites for hydroxylation is 1. The molecule has 0 aliphatic heterocycles. The van der Waals surface area contributed by atoms with E-state index >= 15 is 0 Å². The molecule has 0 atom stereocenters. The van der Waals surface area contributed by atoms with Gasteiger partial charge in [0.1, 0.15) is 5.75 Å². The summed E-state index contributed by atoms with van der Waals surface area (Å²) in [5.74, 6) is -0.0733. The lowest BCUT2D eigenvalue weighted by Gasteiger charge is -2.01. The summed E-state index contributed by atoms with van der Waals surface area (Å²) in [4.78, 5) is 21.8. The Morgan fingerprint density at radius 3 is 2.67 bits per heavy atom. The van der Waals surface area contributed by atoms with E-state index in [1.807, 2.05) is 13.0 Å². The van der Waals surface area contributed by atoms with Gasteiger partial charge in [-0.25, -0.2) is 4.79 Å². The maximum absolute atomic E-state index is 11.7. The molecule has 0 aliphatic carbocycles. The average molecular weight is 283 g/mol. The number of esters is 1. The molecule has 2 aromatic rings. The predicted molar refractivity (Wildman–Crippen MR) is 78.9 cm³/mol. The van der Waals surface area contributed by atoms with E-state index in [1.54, 1.807) is 30.3 Å². The number of carbonyl (C=O) groups excluding carboxylic acids is 1. The molecule has 5 nitrogen and oxygen atoms in total. The van der Waals surface area contributed by atoms with Gasteiger partial charge in [-0.2, -0.15) is 0 Å².